The topological polar surface area (TPSA) is 74.9 Å². The van der Waals surface area contributed by atoms with Gasteiger partial charge in [0.15, 0.2) is 0 Å². The second-order valence-corrected chi connectivity index (χ2v) is 3.66. The Balaban J connectivity index is 2.62. The van der Waals surface area contributed by atoms with Crippen molar-refractivity contribution in [1.82, 2.24) is 10.2 Å². The van der Waals surface area contributed by atoms with Gasteiger partial charge in [-0.25, -0.2) is 0 Å². The molecule has 0 aliphatic carbocycles. The molecular formula is C11H13N3O. The number of nitrogens with one attached hydrogen (secondary N) is 1. The highest BCUT2D eigenvalue weighted by Gasteiger charge is 2.09. The molecule has 2 rings (SSSR count). The summed E-state index contributed by atoms with van der Waals surface area (Å²) < 4.78 is 0. The van der Waals surface area contributed by atoms with Crippen LogP contribution in [0.15, 0.2) is 18.2 Å². The minimum absolute atomic E-state index is 0.279. The molecule has 0 atom stereocenters. The van der Waals surface area contributed by atoms with Crippen molar-refractivity contribution < 1.29 is 5.11 Å². The first-order chi connectivity index (χ1) is 7.08. The Kier molecular flexibility index (Phi) is 2.11. The monoisotopic (exact) mass is 203 g/mol. The number of H-pyrrole nitrogens is 1. The number of benzene rings is 1. The average Bonchev–Trinajstić information content (AvgIpc) is 2.49. The number of phenolic OH excluding ortho intramolecular Hbond substituents is 1. The molecule has 0 fully saturated rings. The molecule has 15 heavy (non-hydrogen) atoms. The number of nitrogens with zero attached hydrogens (tertiary/aromatic N) is 1. The van der Waals surface area contributed by atoms with Gasteiger partial charge in [-0.15, -0.1) is 0 Å². The normalized spacial score (nSPS) is 10.5. The van der Waals surface area contributed by atoms with E-state index in [4.69, 9.17) is 5.73 Å². The second-order valence-electron chi connectivity index (χ2n) is 3.66. The number of rotatable bonds is 1. The first-order valence-corrected chi connectivity index (χ1v) is 4.69. The van der Waals surface area contributed by atoms with Crippen molar-refractivity contribution in [1.29, 1.82) is 0 Å². The molecule has 4 nitrogen and oxygen atoms in total. The molecule has 1 aromatic heterocycles. The van der Waals surface area contributed by atoms with E-state index in [0.717, 1.165) is 22.4 Å². The maximum Gasteiger partial charge on any atom is 0.145 e. The number of aryl methyl sites for hydroxylation is 2. The Morgan fingerprint density at radius 1 is 1.20 bits per heavy atom. The lowest BCUT2D eigenvalue weighted by Crippen LogP contribution is -1.88. The fourth-order valence-corrected chi connectivity index (χ4v) is 1.83. The van der Waals surface area contributed by atoms with E-state index in [-0.39, 0.29) is 5.75 Å². The van der Waals surface area contributed by atoms with Crippen LogP contribution in [-0.4, -0.2) is 15.3 Å². The molecule has 4 N–H and O–H groups in total. The Labute approximate surface area is 87.7 Å². The van der Waals surface area contributed by atoms with Crippen molar-refractivity contribution in [2.45, 2.75) is 13.8 Å². The third-order valence-corrected chi connectivity index (χ3v) is 2.38. The highest BCUT2D eigenvalue weighted by atomic mass is 16.3. The predicted molar refractivity (Wildman–Crippen MR) is 59.6 cm³/mol. The van der Waals surface area contributed by atoms with E-state index >= 15 is 0 Å². The van der Waals surface area contributed by atoms with Crippen molar-refractivity contribution in [3.63, 3.8) is 0 Å². The van der Waals surface area contributed by atoms with Crippen LogP contribution in [0.2, 0.25) is 0 Å². The van der Waals surface area contributed by atoms with Crippen molar-refractivity contribution in [3.05, 3.63) is 29.3 Å². The molecule has 0 aliphatic heterocycles. The number of hydrogen-bond donors (Lipinski definition) is 3. The second kappa shape index (κ2) is 3.31. The summed E-state index contributed by atoms with van der Waals surface area (Å²) in [5.41, 5.74) is 9.46. The molecule has 0 saturated carbocycles. The number of hydrogen-bond acceptors (Lipinski definition) is 3. The van der Waals surface area contributed by atoms with E-state index in [1.165, 1.54) is 0 Å². The lowest BCUT2D eigenvalue weighted by atomic mass is 10.00. The lowest BCUT2D eigenvalue weighted by molar-refractivity contribution is 0.474. The standard InChI is InChI=1S/C11H13N3O/c1-6-3-8(15)4-7(2)11(6)9-5-10(12)14-13-9/h3-5,15H,1-2H3,(H3,12,13,14). The van der Waals surface area contributed by atoms with Gasteiger partial charge < -0.3 is 10.8 Å². The summed E-state index contributed by atoms with van der Waals surface area (Å²) in [4.78, 5) is 0. The summed E-state index contributed by atoms with van der Waals surface area (Å²) in [7, 11) is 0. The number of anilines is 1. The molecule has 1 heterocycles. The molecule has 0 saturated heterocycles. The smallest absolute Gasteiger partial charge is 0.145 e. The Bertz CT molecular complexity index is 479. The van der Waals surface area contributed by atoms with Gasteiger partial charge in [0.1, 0.15) is 11.6 Å². The summed E-state index contributed by atoms with van der Waals surface area (Å²) in [5, 5.41) is 16.2. The summed E-state index contributed by atoms with van der Waals surface area (Å²) in [6.45, 7) is 3.89. The quantitative estimate of drug-likeness (QED) is 0.663. The van der Waals surface area contributed by atoms with E-state index < -0.39 is 0 Å². The number of phenols is 1. The van der Waals surface area contributed by atoms with Crippen LogP contribution in [0.3, 0.4) is 0 Å². The van der Waals surface area contributed by atoms with E-state index in [0.29, 0.717) is 5.82 Å². The maximum atomic E-state index is 9.42. The van der Waals surface area contributed by atoms with Crippen LogP contribution in [0.1, 0.15) is 11.1 Å². The Morgan fingerprint density at radius 3 is 2.27 bits per heavy atom. The van der Waals surface area contributed by atoms with Crippen LogP contribution in [-0.2, 0) is 0 Å². The molecule has 0 bridgehead atoms. The summed E-state index contributed by atoms with van der Waals surface area (Å²) in [6.07, 6.45) is 0. The average molecular weight is 203 g/mol. The van der Waals surface area contributed by atoms with Gasteiger partial charge in [0, 0.05) is 11.6 Å². The molecule has 4 heteroatoms. The number of aromatic amines is 1. The minimum atomic E-state index is 0.279. The fourth-order valence-electron chi connectivity index (χ4n) is 1.83. The molecule has 2 aromatic rings. The van der Waals surface area contributed by atoms with Gasteiger partial charge in [0.2, 0.25) is 0 Å². The highest BCUT2D eigenvalue weighted by Crippen LogP contribution is 2.29. The lowest BCUT2D eigenvalue weighted by Gasteiger charge is -2.08. The van der Waals surface area contributed by atoms with Gasteiger partial charge in [-0.2, -0.15) is 5.10 Å². The molecule has 0 radical (unpaired) electrons. The van der Waals surface area contributed by atoms with Crippen molar-refractivity contribution in [3.8, 4) is 17.0 Å². The van der Waals surface area contributed by atoms with Crippen molar-refractivity contribution in [2.75, 3.05) is 5.73 Å². The van der Waals surface area contributed by atoms with Crippen LogP contribution >= 0.6 is 0 Å². The summed E-state index contributed by atoms with van der Waals surface area (Å²) in [5.74, 6) is 0.748. The number of nitrogen functional groups attached to an aromatic ring is 1. The largest absolute Gasteiger partial charge is 0.508 e. The molecule has 1 aromatic carbocycles. The fraction of sp³-hybridized carbons (Fsp3) is 0.182. The number of aromatic hydroxyl groups is 1. The van der Waals surface area contributed by atoms with E-state index in [1.807, 2.05) is 13.8 Å². The predicted octanol–water partition coefficient (Wildman–Crippen LogP) is 1.98. The first-order valence-electron chi connectivity index (χ1n) is 4.69. The van der Waals surface area contributed by atoms with Crippen LogP contribution in [0.5, 0.6) is 5.75 Å². The van der Waals surface area contributed by atoms with Gasteiger partial charge in [0.25, 0.3) is 0 Å². The van der Waals surface area contributed by atoms with Gasteiger partial charge >= 0.3 is 0 Å². The number of aromatic nitrogens is 2. The zero-order valence-corrected chi connectivity index (χ0v) is 8.70. The van der Waals surface area contributed by atoms with Crippen LogP contribution in [0, 0.1) is 13.8 Å². The van der Waals surface area contributed by atoms with E-state index in [1.54, 1.807) is 18.2 Å². The third-order valence-electron chi connectivity index (χ3n) is 2.38. The highest BCUT2D eigenvalue weighted by molar-refractivity contribution is 5.70. The summed E-state index contributed by atoms with van der Waals surface area (Å²) in [6, 6.07) is 5.23. The SMILES string of the molecule is Cc1cc(O)cc(C)c1-c1cc(N)n[nH]1. The molecule has 78 valence electrons. The van der Waals surface area contributed by atoms with Crippen molar-refractivity contribution >= 4 is 5.82 Å². The minimum Gasteiger partial charge on any atom is -0.508 e. The summed E-state index contributed by atoms with van der Waals surface area (Å²) >= 11 is 0. The van der Waals surface area contributed by atoms with E-state index in [2.05, 4.69) is 10.2 Å². The van der Waals surface area contributed by atoms with Crippen LogP contribution in [0.25, 0.3) is 11.3 Å². The van der Waals surface area contributed by atoms with Gasteiger partial charge in [0.05, 0.1) is 5.69 Å². The zero-order valence-electron chi connectivity index (χ0n) is 8.70. The third kappa shape index (κ3) is 1.66. The van der Waals surface area contributed by atoms with Crippen LogP contribution < -0.4 is 5.73 Å². The van der Waals surface area contributed by atoms with Gasteiger partial charge in [-0.05, 0) is 37.1 Å². The maximum absolute atomic E-state index is 9.42. The molecular weight excluding hydrogens is 190 g/mol. The Hall–Kier alpha value is -1.97. The van der Waals surface area contributed by atoms with Crippen LogP contribution in [0.4, 0.5) is 5.82 Å². The molecule has 0 unspecified atom stereocenters. The Morgan fingerprint density at radius 2 is 1.80 bits per heavy atom. The number of nitrogens with two attached hydrogens (primary N) is 1. The zero-order chi connectivity index (χ0) is 11.0. The van der Waals surface area contributed by atoms with Crippen molar-refractivity contribution in [2.24, 2.45) is 0 Å². The first kappa shape index (κ1) is 9.58. The molecule has 0 spiro atoms. The van der Waals surface area contributed by atoms with Gasteiger partial charge in [-0.3, -0.25) is 5.10 Å². The molecule has 0 aliphatic rings. The van der Waals surface area contributed by atoms with E-state index in [9.17, 15) is 5.11 Å². The van der Waals surface area contributed by atoms with Gasteiger partial charge in [-0.1, -0.05) is 0 Å². The molecule has 0 amide bonds.